The molecule has 0 aliphatic heterocycles. The molecule has 2 radical (unpaired) electrons. The standard InChI is InChI=1S/2C14H18Si.C3H6.2ClH.Zr/c2*1-4-15(5-2)14-11(3)10-12-8-6-7-9-13(12)14;1-3-2;;;/h2*6-10H,4-5H2,1-3H3;1-2H3;2*1H;/q2*-1;;;;+2/p-2. The summed E-state index contributed by atoms with van der Waals surface area (Å²) in [6.07, 6.45) is 0. The van der Waals surface area contributed by atoms with Crippen LogP contribution in [0.3, 0.4) is 0 Å². The molecule has 0 aromatic heterocycles. The predicted octanol–water partition coefficient (Wildman–Crippen LogP) is 1.97. The first-order chi connectivity index (χ1) is 16.3. The Bertz CT molecular complexity index is 1090. The summed E-state index contributed by atoms with van der Waals surface area (Å²) in [4.78, 5) is 0. The van der Waals surface area contributed by atoms with Gasteiger partial charge in [-0.15, -0.1) is 81.2 Å². The molecule has 4 aromatic carbocycles. The predicted molar refractivity (Wildman–Crippen MR) is 158 cm³/mol. The smallest absolute Gasteiger partial charge is 1.00 e. The maximum atomic E-state index is 2.35. The maximum Gasteiger partial charge on any atom is -1.00 e. The van der Waals surface area contributed by atoms with Gasteiger partial charge in [-0.2, -0.15) is 10.4 Å². The minimum Gasteiger partial charge on any atom is -1.00 e. The molecule has 0 spiro atoms. The molecular weight excluding hydrogens is 591 g/mol. The van der Waals surface area contributed by atoms with Gasteiger partial charge >= 0.3 is 41.3 Å². The van der Waals surface area contributed by atoms with Crippen LogP contribution in [0.2, 0.25) is 24.2 Å². The molecule has 5 heteroatoms. The van der Waals surface area contributed by atoms with Crippen LogP contribution in [-0.4, -0.2) is 20.8 Å². The monoisotopic (exact) mass is 630 g/mol. The van der Waals surface area contributed by atoms with Crippen LogP contribution in [-0.2, 0) is 24.2 Å². The van der Waals surface area contributed by atoms with Crippen molar-refractivity contribution < 1.29 is 49.0 Å². The molecule has 0 N–H and O–H groups in total. The van der Waals surface area contributed by atoms with E-state index in [4.69, 9.17) is 0 Å². The summed E-state index contributed by atoms with van der Waals surface area (Å²) in [5.74, 6) is 0. The van der Waals surface area contributed by atoms with E-state index in [9.17, 15) is 0 Å². The number of fused-ring (bicyclic) bond motifs is 2. The average Bonchev–Trinajstić information content (AvgIpc) is 3.32. The molecular formula is C31H42Cl2Si2Zr-2. The van der Waals surface area contributed by atoms with Crippen molar-refractivity contribution in [3.8, 4) is 0 Å². The van der Waals surface area contributed by atoms with Crippen LogP contribution >= 0.6 is 0 Å². The van der Waals surface area contributed by atoms with Gasteiger partial charge in [0.2, 0.25) is 0 Å². The van der Waals surface area contributed by atoms with E-state index in [0.29, 0.717) is 0 Å². The summed E-state index contributed by atoms with van der Waals surface area (Å²) in [6, 6.07) is 27.7. The quantitative estimate of drug-likeness (QED) is 0.226. The first kappa shape index (κ1) is 35.4. The van der Waals surface area contributed by atoms with Crippen molar-refractivity contribution in [2.45, 2.75) is 79.6 Å². The number of rotatable bonds is 6. The SMILES string of the molecule is CC[Si](CC)c1c(C)[cH-]c2ccccc12.CC[Si](CC)c1c(C)[cH-]c2ccccc12.C[C](C)=[Zr+2].[Cl-].[Cl-]. The summed E-state index contributed by atoms with van der Waals surface area (Å²) in [5, 5.41) is 9.23. The minimum atomic E-state index is -0.313. The van der Waals surface area contributed by atoms with Gasteiger partial charge in [0.05, 0.1) is 0 Å². The number of benzene rings is 2. The third kappa shape index (κ3) is 9.32. The molecule has 0 saturated carbocycles. The molecule has 0 aliphatic carbocycles. The zero-order valence-electron chi connectivity index (χ0n) is 23.4. The van der Waals surface area contributed by atoms with Gasteiger partial charge in [0.25, 0.3) is 0 Å². The largest absolute Gasteiger partial charge is 1.00 e. The van der Waals surface area contributed by atoms with E-state index in [1.807, 2.05) is 0 Å². The van der Waals surface area contributed by atoms with E-state index in [-0.39, 0.29) is 42.4 Å². The fourth-order valence-electron chi connectivity index (χ4n) is 4.88. The van der Waals surface area contributed by atoms with Crippen molar-refractivity contribution in [2.24, 2.45) is 0 Å². The van der Waals surface area contributed by atoms with E-state index in [1.165, 1.54) is 60.1 Å². The Balaban J connectivity index is 0.000000566. The van der Waals surface area contributed by atoms with E-state index in [2.05, 4.69) is 116 Å². The van der Waals surface area contributed by atoms with Crippen molar-refractivity contribution in [3.63, 3.8) is 0 Å². The normalized spacial score (nSPS) is 10.3. The first-order valence-corrected chi connectivity index (χ1v) is 17.9. The summed E-state index contributed by atoms with van der Waals surface area (Å²) in [5.41, 5.74) is 3.02. The second kappa shape index (κ2) is 17.8. The Kier molecular flexibility index (Phi) is 17.6. The fourth-order valence-corrected chi connectivity index (χ4v) is 9.77. The summed E-state index contributed by atoms with van der Waals surface area (Å²) >= 11 is 1.55. The Morgan fingerprint density at radius 2 is 0.917 bits per heavy atom. The van der Waals surface area contributed by atoms with Gasteiger partial charge in [-0.1, -0.05) is 77.9 Å². The first-order valence-electron chi connectivity index (χ1n) is 12.8. The van der Waals surface area contributed by atoms with E-state index < -0.39 is 0 Å². The van der Waals surface area contributed by atoms with Crippen molar-refractivity contribution in [3.05, 3.63) is 71.8 Å². The molecule has 0 fully saturated rings. The zero-order chi connectivity index (χ0) is 25.3. The van der Waals surface area contributed by atoms with Gasteiger partial charge in [-0.25, -0.2) is 0 Å². The van der Waals surface area contributed by atoms with Gasteiger partial charge in [0, 0.05) is 17.6 Å². The summed E-state index contributed by atoms with van der Waals surface area (Å²) in [6.45, 7) is 18.1. The molecule has 0 bridgehead atoms. The van der Waals surface area contributed by atoms with Gasteiger partial charge < -0.3 is 24.8 Å². The van der Waals surface area contributed by atoms with Gasteiger partial charge in [-0.05, 0) is 0 Å². The molecule has 0 nitrogen and oxygen atoms in total. The fraction of sp³-hybridized carbons (Fsp3) is 0.387. The molecule has 4 aromatic rings. The third-order valence-corrected chi connectivity index (χ3v) is 12.6. The maximum absolute atomic E-state index is 2.35. The molecule has 4 rings (SSSR count). The van der Waals surface area contributed by atoms with Gasteiger partial charge in [-0.3, -0.25) is 0 Å². The molecule has 0 aliphatic rings. The number of aryl methyl sites for hydroxylation is 2. The van der Waals surface area contributed by atoms with Crippen LogP contribution in [0.25, 0.3) is 21.5 Å². The van der Waals surface area contributed by atoms with E-state index >= 15 is 0 Å². The van der Waals surface area contributed by atoms with Crippen molar-refractivity contribution in [1.82, 2.24) is 0 Å². The molecule has 36 heavy (non-hydrogen) atoms. The van der Waals surface area contributed by atoms with Crippen LogP contribution < -0.4 is 35.2 Å². The number of halogens is 2. The van der Waals surface area contributed by atoms with Crippen molar-refractivity contribution in [1.29, 1.82) is 0 Å². The van der Waals surface area contributed by atoms with Gasteiger partial charge in [0.1, 0.15) is 0 Å². The molecule has 0 amide bonds. The molecule has 0 unspecified atom stereocenters. The molecule has 0 saturated heterocycles. The van der Waals surface area contributed by atoms with Crippen molar-refractivity contribution >= 4 is 52.7 Å². The average molecular weight is 633 g/mol. The van der Waals surface area contributed by atoms with Crippen LogP contribution in [0.1, 0.15) is 52.7 Å². The Morgan fingerprint density at radius 3 is 1.19 bits per heavy atom. The van der Waals surface area contributed by atoms with Crippen LogP contribution in [0, 0.1) is 13.8 Å². The van der Waals surface area contributed by atoms with E-state index in [0.717, 1.165) is 0 Å². The Labute approximate surface area is 251 Å². The second-order valence-corrected chi connectivity index (χ2v) is 17.9. The zero-order valence-corrected chi connectivity index (χ0v) is 29.3. The van der Waals surface area contributed by atoms with Gasteiger partial charge in [0.15, 0.2) is 0 Å². The topological polar surface area (TPSA) is 0 Å². The van der Waals surface area contributed by atoms with Crippen LogP contribution in [0.15, 0.2) is 60.7 Å². The molecule has 0 atom stereocenters. The number of hydrogen-bond donors (Lipinski definition) is 0. The van der Waals surface area contributed by atoms with Crippen LogP contribution in [0.4, 0.5) is 0 Å². The van der Waals surface area contributed by atoms with Crippen molar-refractivity contribution in [2.75, 3.05) is 0 Å². The van der Waals surface area contributed by atoms with Crippen LogP contribution in [0.5, 0.6) is 0 Å². The Morgan fingerprint density at radius 1 is 0.639 bits per heavy atom. The second-order valence-electron chi connectivity index (χ2n) is 9.20. The molecule has 194 valence electrons. The number of hydrogen-bond acceptors (Lipinski definition) is 0. The third-order valence-electron chi connectivity index (χ3n) is 6.41. The summed E-state index contributed by atoms with van der Waals surface area (Å²) < 4.78 is 1.51. The Hall–Kier alpha value is -0.573. The summed E-state index contributed by atoms with van der Waals surface area (Å²) in [7, 11) is -0.626. The van der Waals surface area contributed by atoms with E-state index in [1.54, 1.807) is 34.6 Å². The minimum absolute atomic E-state index is 0. The molecule has 0 heterocycles.